The van der Waals surface area contributed by atoms with Gasteiger partial charge >= 0.3 is 5.97 Å². The standard InChI is InChI=1S/C47H75IO7Si2/c1-17-23-36(34(6)29-41(55-57(15,16)46(10,11)12)47(40(18-2)54-47)44(49)50-19-3)26-27-51-43-38(32-53-56(13,14)45(7,8)9)42(37(28-33(4)5)30-39(43)48)52-31-35-24-21-20-22-25-35/h20-22,24-26,30,33,40-41H,6,17-19,23,27-29,31-32H2,1-5,7-16H3/b36-26+/t40-,41+,47?/m0/s1. The molecule has 0 N–H and O–H groups in total. The summed E-state index contributed by atoms with van der Waals surface area (Å²) in [5.41, 5.74) is 4.11. The summed E-state index contributed by atoms with van der Waals surface area (Å²) in [4.78, 5) is 13.7. The molecule has 3 atom stereocenters. The molecule has 1 unspecified atom stereocenters. The number of esters is 1. The van der Waals surface area contributed by atoms with Crippen LogP contribution in [0.2, 0.25) is 36.3 Å². The fourth-order valence-corrected chi connectivity index (χ4v) is 9.61. The van der Waals surface area contributed by atoms with Gasteiger partial charge in [0, 0.05) is 6.42 Å². The van der Waals surface area contributed by atoms with E-state index in [9.17, 15) is 4.79 Å². The summed E-state index contributed by atoms with van der Waals surface area (Å²) in [6.45, 7) is 39.1. The van der Waals surface area contributed by atoms with E-state index in [0.29, 0.717) is 38.6 Å². The van der Waals surface area contributed by atoms with E-state index in [1.54, 1.807) is 0 Å². The van der Waals surface area contributed by atoms with Crippen LogP contribution in [0.25, 0.3) is 0 Å². The molecule has 0 aliphatic carbocycles. The summed E-state index contributed by atoms with van der Waals surface area (Å²) in [5.74, 6) is 1.74. The van der Waals surface area contributed by atoms with Gasteiger partial charge in [0.05, 0.1) is 28.5 Å². The highest BCUT2D eigenvalue weighted by atomic mass is 127. The summed E-state index contributed by atoms with van der Waals surface area (Å²) >= 11 is 2.41. The highest BCUT2D eigenvalue weighted by molar-refractivity contribution is 14.1. The number of rotatable bonds is 22. The molecule has 57 heavy (non-hydrogen) atoms. The van der Waals surface area contributed by atoms with Crippen LogP contribution in [-0.4, -0.2) is 53.6 Å². The van der Waals surface area contributed by atoms with E-state index in [1.807, 2.05) is 32.0 Å². The molecule has 2 aromatic carbocycles. The Balaban J connectivity index is 2.06. The summed E-state index contributed by atoms with van der Waals surface area (Å²) in [6, 6.07) is 12.5. The molecular formula is C47H75IO7Si2. The zero-order valence-electron chi connectivity index (χ0n) is 38.1. The largest absolute Gasteiger partial charge is 0.488 e. The van der Waals surface area contributed by atoms with Crippen LogP contribution in [-0.2, 0) is 42.8 Å². The van der Waals surface area contributed by atoms with E-state index in [4.69, 9.17) is 27.8 Å². The second-order valence-electron chi connectivity index (χ2n) is 19.1. The van der Waals surface area contributed by atoms with Crippen molar-refractivity contribution in [2.24, 2.45) is 5.92 Å². The molecule has 0 amide bonds. The smallest absolute Gasteiger partial charge is 0.343 e. The number of carbonyl (C=O) groups excluding carboxylic acids is 1. The minimum Gasteiger partial charge on any atom is -0.488 e. The summed E-state index contributed by atoms with van der Waals surface area (Å²) < 4.78 is 40.5. The van der Waals surface area contributed by atoms with Gasteiger partial charge < -0.3 is 27.8 Å². The number of epoxide rings is 1. The second-order valence-corrected chi connectivity index (χ2v) is 29.8. The quantitative estimate of drug-likeness (QED) is 0.0383. The van der Waals surface area contributed by atoms with Crippen LogP contribution in [0.3, 0.4) is 0 Å². The van der Waals surface area contributed by atoms with Crippen molar-refractivity contribution < 1.29 is 32.6 Å². The Hall–Kier alpha value is -1.97. The molecule has 0 aromatic heterocycles. The third kappa shape index (κ3) is 12.8. The SMILES string of the molecule is C=C(C[C@@H](O[Si](C)(C)C(C)(C)C)C1(C(=O)OCC)O[C@H]1CC)/C(=C/COc1c(I)cc(CC(C)C)c(OCc2ccccc2)c1CO[Si](C)(C)C(C)(C)C)CCC. The molecule has 1 saturated heterocycles. The van der Waals surface area contributed by atoms with Crippen molar-refractivity contribution >= 4 is 45.2 Å². The predicted octanol–water partition coefficient (Wildman–Crippen LogP) is 13.1. The number of ether oxygens (including phenoxy) is 4. The van der Waals surface area contributed by atoms with Gasteiger partial charge in [-0.25, -0.2) is 4.79 Å². The summed E-state index contributed by atoms with van der Waals surface area (Å²) in [5, 5.41) is -0.0207. The van der Waals surface area contributed by atoms with Gasteiger partial charge in [-0.2, -0.15) is 0 Å². The van der Waals surface area contributed by atoms with Crippen molar-refractivity contribution in [3.05, 3.63) is 80.5 Å². The van der Waals surface area contributed by atoms with Gasteiger partial charge in [0.15, 0.2) is 16.6 Å². The summed E-state index contributed by atoms with van der Waals surface area (Å²) in [6.07, 6.45) is 5.15. The maximum absolute atomic E-state index is 13.7. The Morgan fingerprint density at radius 3 is 2.11 bits per heavy atom. The van der Waals surface area contributed by atoms with Crippen molar-refractivity contribution in [3.63, 3.8) is 0 Å². The van der Waals surface area contributed by atoms with Gasteiger partial charge in [-0.3, -0.25) is 0 Å². The van der Waals surface area contributed by atoms with Crippen molar-refractivity contribution in [1.82, 2.24) is 0 Å². The molecular weight excluding hydrogens is 860 g/mol. The number of allylic oxidation sites excluding steroid dienone is 1. The highest BCUT2D eigenvalue weighted by Gasteiger charge is 2.69. The first-order valence-corrected chi connectivity index (χ1v) is 28.0. The lowest BCUT2D eigenvalue weighted by atomic mass is 9.89. The van der Waals surface area contributed by atoms with Crippen LogP contribution < -0.4 is 9.47 Å². The van der Waals surface area contributed by atoms with Crippen LogP contribution in [0.15, 0.2) is 60.2 Å². The average molecular weight is 935 g/mol. The topological polar surface area (TPSA) is 75.8 Å². The van der Waals surface area contributed by atoms with Crippen LogP contribution in [0.4, 0.5) is 0 Å². The Bertz CT molecular complexity index is 1670. The predicted molar refractivity (Wildman–Crippen MR) is 249 cm³/mol. The first-order chi connectivity index (χ1) is 26.4. The van der Waals surface area contributed by atoms with Crippen LogP contribution in [0.1, 0.15) is 119 Å². The van der Waals surface area contributed by atoms with Gasteiger partial charge in [-0.05, 0) is 125 Å². The molecule has 1 fully saturated rings. The molecule has 1 aliphatic rings. The number of hydrogen-bond acceptors (Lipinski definition) is 7. The van der Waals surface area contributed by atoms with E-state index in [0.717, 1.165) is 62.2 Å². The molecule has 0 saturated carbocycles. The fraction of sp³-hybridized carbons (Fsp3) is 0.638. The Kier molecular flexibility index (Phi) is 17.8. The molecule has 1 heterocycles. The molecule has 0 bridgehead atoms. The third-order valence-electron chi connectivity index (χ3n) is 12.0. The van der Waals surface area contributed by atoms with Crippen molar-refractivity contribution in [1.29, 1.82) is 0 Å². The van der Waals surface area contributed by atoms with Crippen molar-refractivity contribution in [3.8, 4) is 11.5 Å². The van der Waals surface area contributed by atoms with Gasteiger partial charge in [-0.15, -0.1) is 0 Å². The maximum atomic E-state index is 13.7. The number of halogens is 1. The van der Waals surface area contributed by atoms with E-state index in [1.165, 1.54) is 0 Å². The second kappa shape index (κ2) is 20.5. The van der Waals surface area contributed by atoms with E-state index < -0.39 is 28.3 Å². The van der Waals surface area contributed by atoms with Gasteiger partial charge in [0.1, 0.15) is 30.8 Å². The third-order valence-corrected chi connectivity index (χ3v) is 21.8. The lowest BCUT2D eigenvalue weighted by molar-refractivity contribution is -0.153. The minimum atomic E-state index is -2.33. The number of hydrogen-bond donors (Lipinski definition) is 0. The molecule has 3 rings (SSSR count). The van der Waals surface area contributed by atoms with E-state index in [2.05, 4.69) is 142 Å². The molecule has 320 valence electrons. The lowest BCUT2D eigenvalue weighted by Gasteiger charge is -2.41. The lowest BCUT2D eigenvalue weighted by Crippen LogP contribution is -2.52. The molecule has 10 heteroatoms. The van der Waals surface area contributed by atoms with Gasteiger partial charge in [-0.1, -0.05) is 113 Å². The normalized spacial score (nSPS) is 18.4. The van der Waals surface area contributed by atoms with Crippen LogP contribution >= 0.6 is 22.6 Å². The van der Waals surface area contributed by atoms with Crippen molar-refractivity contribution in [2.45, 2.75) is 176 Å². The van der Waals surface area contributed by atoms with Crippen LogP contribution in [0.5, 0.6) is 11.5 Å². The van der Waals surface area contributed by atoms with E-state index >= 15 is 0 Å². The first kappa shape index (κ1) is 49.4. The molecule has 0 spiro atoms. The van der Waals surface area contributed by atoms with E-state index in [-0.39, 0.29) is 28.8 Å². The first-order valence-electron chi connectivity index (χ1n) is 21.1. The Morgan fingerprint density at radius 1 is 0.947 bits per heavy atom. The average Bonchev–Trinajstić information content (AvgIpc) is 3.86. The fourth-order valence-electron chi connectivity index (χ4n) is 6.49. The highest BCUT2D eigenvalue weighted by Crippen LogP contribution is 2.50. The monoisotopic (exact) mass is 934 g/mol. The van der Waals surface area contributed by atoms with Crippen molar-refractivity contribution in [2.75, 3.05) is 13.2 Å². The zero-order chi connectivity index (χ0) is 43.0. The zero-order valence-corrected chi connectivity index (χ0v) is 42.2. The number of carbonyl (C=O) groups is 1. The Labute approximate surface area is 362 Å². The summed E-state index contributed by atoms with van der Waals surface area (Å²) in [7, 11) is -4.46. The van der Waals surface area contributed by atoms with Crippen LogP contribution in [0, 0.1) is 9.49 Å². The number of benzene rings is 2. The molecule has 0 radical (unpaired) electrons. The minimum absolute atomic E-state index is 0.0423. The Morgan fingerprint density at radius 2 is 1.58 bits per heavy atom. The molecule has 1 aliphatic heterocycles. The van der Waals surface area contributed by atoms with Gasteiger partial charge in [0.2, 0.25) is 5.60 Å². The van der Waals surface area contributed by atoms with Gasteiger partial charge in [0.25, 0.3) is 0 Å². The molecule has 2 aromatic rings. The molecule has 7 nitrogen and oxygen atoms in total. The maximum Gasteiger partial charge on any atom is 0.343 e.